The lowest BCUT2D eigenvalue weighted by Gasteiger charge is -2.07. The van der Waals surface area contributed by atoms with E-state index in [-0.39, 0.29) is 5.92 Å². The normalized spacial score (nSPS) is 14.5. The second-order valence-electron chi connectivity index (χ2n) is 3.56. The minimum atomic E-state index is -0.709. The quantitative estimate of drug-likeness (QED) is 0.680. The largest absolute Gasteiger partial charge is 0.204 e. The van der Waals surface area contributed by atoms with Crippen molar-refractivity contribution in [1.29, 1.82) is 0 Å². The maximum atomic E-state index is 13.4. The van der Waals surface area contributed by atoms with Gasteiger partial charge in [-0.2, -0.15) is 0 Å². The van der Waals surface area contributed by atoms with E-state index in [2.05, 4.69) is 0 Å². The van der Waals surface area contributed by atoms with Crippen LogP contribution in [-0.4, -0.2) is 0 Å². The van der Waals surface area contributed by atoms with Crippen molar-refractivity contribution in [3.8, 4) is 0 Å². The molecule has 1 aliphatic rings. The Morgan fingerprint density at radius 1 is 1.20 bits per heavy atom. The molecule has 1 aliphatic carbocycles. The van der Waals surface area contributed by atoms with E-state index in [1.165, 1.54) is 6.07 Å². The van der Waals surface area contributed by atoms with E-state index in [1.807, 2.05) is 20.8 Å². The lowest BCUT2D eigenvalue weighted by atomic mass is 10.0. The van der Waals surface area contributed by atoms with Gasteiger partial charge in [0.25, 0.3) is 0 Å². The van der Waals surface area contributed by atoms with E-state index in [0.717, 1.165) is 24.8 Å². The molecule has 0 N–H and O–H groups in total. The standard InChI is InChI=1S/C11H12F2.C2H6/c1-2-7-5-6-9(12)11(13)10(7)8-3-4-8;1-2/h5-6,8H,2-4H2,1H3;1-2H3. The van der Waals surface area contributed by atoms with Gasteiger partial charge < -0.3 is 0 Å². The molecule has 0 unspecified atom stereocenters. The van der Waals surface area contributed by atoms with E-state index in [0.29, 0.717) is 5.56 Å². The van der Waals surface area contributed by atoms with Crippen LogP contribution in [0.3, 0.4) is 0 Å². The molecule has 15 heavy (non-hydrogen) atoms. The predicted molar refractivity (Wildman–Crippen MR) is 59.1 cm³/mol. The molecule has 0 bridgehead atoms. The molecule has 0 aliphatic heterocycles. The van der Waals surface area contributed by atoms with Gasteiger partial charge in [-0.15, -0.1) is 0 Å². The lowest BCUT2D eigenvalue weighted by Crippen LogP contribution is -1.98. The summed E-state index contributed by atoms with van der Waals surface area (Å²) in [6.45, 7) is 5.97. The molecule has 1 saturated carbocycles. The third-order valence-electron chi connectivity index (χ3n) is 2.59. The van der Waals surface area contributed by atoms with E-state index in [4.69, 9.17) is 0 Å². The summed E-state index contributed by atoms with van der Waals surface area (Å²) in [7, 11) is 0. The maximum Gasteiger partial charge on any atom is 0.162 e. The Morgan fingerprint density at radius 2 is 1.80 bits per heavy atom. The first-order valence-electron chi connectivity index (χ1n) is 5.70. The third-order valence-corrected chi connectivity index (χ3v) is 2.59. The molecular weight excluding hydrogens is 194 g/mol. The Labute approximate surface area is 90.3 Å². The molecule has 1 aromatic carbocycles. The SMILES string of the molecule is CC.CCc1ccc(F)c(F)c1C1CC1. The summed E-state index contributed by atoms with van der Waals surface area (Å²) in [5.41, 5.74) is 1.59. The molecule has 2 rings (SSSR count). The number of hydrogen-bond donors (Lipinski definition) is 0. The molecule has 0 amide bonds. The summed E-state index contributed by atoms with van der Waals surface area (Å²) in [6.07, 6.45) is 2.80. The van der Waals surface area contributed by atoms with Crippen LogP contribution in [-0.2, 0) is 6.42 Å². The van der Waals surface area contributed by atoms with Gasteiger partial charge in [0.15, 0.2) is 11.6 Å². The minimum Gasteiger partial charge on any atom is -0.204 e. The molecule has 0 atom stereocenters. The summed E-state index contributed by atoms with van der Waals surface area (Å²) in [6, 6.07) is 2.92. The Morgan fingerprint density at radius 3 is 2.27 bits per heavy atom. The third kappa shape index (κ3) is 2.55. The zero-order chi connectivity index (χ0) is 11.4. The Hall–Kier alpha value is -0.920. The van der Waals surface area contributed by atoms with Crippen LogP contribution in [0.5, 0.6) is 0 Å². The average Bonchev–Trinajstić information content (AvgIpc) is 3.08. The smallest absolute Gasteiger partial charge is 0.162 e. The van der Waals surface area contributed by atoms with E-state index >= 15 is 0 Å². The number of aryl methyl sites for hydroxylation is 1. The van der Waals surface area contributed by atoms with Crippen molar-refractivity contribution in [2.45, 2.75) is 46.0 Å². The topological polar surface area (TPSA) is 0 Å². The molecule has 84 valence electrons. The number of halogens is 2. The van der Waals surface area contributed by atoms with Crippen LogP contribution >= 0.6 is 0 Å². The first kappa shape index (κ1) is 12.2. The monoisotopic (exact) mass is 212 g/mol. The summed E-state index contributed by atoms with van der Waals surface area (Å²) in [4.78, 5) is 0. The Kier molecular flexibility index (Phi) is 4.25. The lowest BCUT2D eigenvalue weighted by molar-refractivity contribution is 0.497. The minimum absolute atomic E-state index is 0.283. The highest BCUT2D eigenvalue weighted by atomic mass is 19.2. The van der Waals surface area contributed by atoms with Crippen LogP contribution in [0.15, 0.2) is 12.1 Å². The van der Waals surface area contributed by atoms with Crippen molar-refractivity contribution >= 4 is 0 Å². The fourth-order valence-electron chi connectivity index (χ4n) is 1.73. The van der Waals surface area contributed by atoms with Crippen LogP contribution in [0.4, 0.5) is 8.78 Å². The number of rotatable bonds is 2. The maximum absolute atomic E-state index is 13.4. The Balaban J connectivity index is 0.000000531. The zero-order valence-electron chi connectivity index (χ0n) is 9.61. The van der Waals surface area contributed by atoms with Crippen molar-refractivity contribution in [2.24, 2.45) is 0 Å². The number of benzene rings is 1. The van der Waals surface area contributed by atoms with Crippen LogP contribution in [0.25, 0.3) is 0 Å². The van der Waals surface area contributed by atoms with Crippen molar-refractivity contribution in [1.82, 2.24) is 0 Å². The molecule has 0 spiro atoms. The highest BCUT2D eigenvalue weighted by Crippen LogP contribution is 2.43. The second kappa shape index (κ2) is 5.24. The summed E-state index contributed by atoms with van der Waals surface area (Å²) in [5.74, 6) is -1.05. The molecule has 0 heterocycles. The van der Waals surface area contributed by atoms with Gasteiger partial charge >= 0.3 is 0 Å². The van der Waals surface area contributed by atoms with Crippen molar-refractivity contribution < 1.29 is 8.78 Å². The molecular formula is C13H18F2. The van der Waals surface area contributed by atoms with Crippen molar-refractivity contribution in [3.63, 3.8) is 0 Å². The van der Waals surface area contributed by atoms with Crippen LogP contribution < -0.4 is 0 Å². The molecule has 0 radical (unpaired) electrons. The van der Waals surface area contributed by atoms with Gasteiger partial charge in [0.05, 0.1) is 0 Å². The van der Waals surface area contributed by atoms with Crippen LogP contribution in [0, 0.1) is 11.6 Å². The Bertz CT molecular complexity index is 328. The fraction of sp³-hybridized carbons (Fsp3) is 0.538. The van der Waals surface area contributed by atoms with Crippen molar-refractivity contribution in [3.05, 3.63) is 34.9 Å². The second-order valence-corrected chi connectivity index (χ2v) is 3.56. The summed E-state index contributed by atoms with van der Waals surface area (Å²) in [5, 5.41) is 0. The van der Waals surface area contributed by atoms with Gasteiger partial charge in [-0.05, 0) is 42.4 Å². The van der Waals surface area contributed by atoms with E-state index in [1.54, 1.807) is 6.07 Å². The van der Waals surface area contributed by atoms with Crippen molar-refractivity contribution in [2.75, 3.05) is 0 Å². The highest BCUT2D eigenvalue weighted by Gasteiger charge is 2.29. The molecule has 0 aromatic heterocycles. The molecule has 1 fully saturated rings. The van der Waals surface area contributed by atoms with Gasteiger partial charge in [0.2, 0.25) is 0 Å². The van der Waals surface area contributed by atoms with Gasteiger partial charge in [-0.1, -0.05) is 26.8 Å². The van der Waals surface area contributed by atoms with Crippen LogP contribution in [0.2, 0.25) is 0 Å². The van der Waals surface area contributed by atoms with E-state index in [9.17, 15) is 8.78 Å². The van der Waals surface area contributed by atoms with Gasteiger partial charge in [0.1, 0.15) is 0 Å². The zero-order valence-corrected chi connectivity index (χ0v) is 9.61. The fourth-order valence-corrected chi connectivity index (χ4v) is 1.73. The molecule has 1 aromatic rings. The first-order chi connectivity index (χ1) is 7.24. The average molecular weight is 212 g/mol. The van der Waals surface area contributed by atoms with E-state index < -0.39 is 11.6 Å². The molecule has 0 nitrogen and oxygen atoms in total. The van der Waals surface area contributed by atoms with Gasteiger partial charge in [-0.25, -0.2) is 8.78 Å². The van der Waals surface area contributed by atoms with Gasteiger partial charge in [0, 0.05) is 0 Å². The summed E-state index contributed by atoms with van der Waals surface area (Å²) >= 11 is 0. The van der Waals surface area contributed by atoms with Crippen LogP contribution in [0.1, 0.15) is 50.7 Å². The highest BCUT2D eigenvalue weighted by molar-refractivity contribution is 5.35. The molecule has 0 saturated heterocycles. The predicted octanol–water partition coefficient (Wildman–Crippen LogP) is 4.43. The summed E-state index contributed by atoms with van der Waals surface area (Å²) < 4.78 is 26.3. The number of hydrogen-bond acceptors (Lipinski definition) is 0. The van der Waals surface area contributed by atoms with Gasteiger partial charge in [-0.3, -0.25) is 0 Å². The molecule has 2 heteroatoms. The first-order valence-corrected chi connectivity index (χ1v) is 5.70.